The molecule has 2 aliphatic heterocycles. The zero-order valence-electron chi connectivity index (χ0n) is 15.7. The lowest BCUT2D eigenvalue weighted by Gasteiger charge is -2.39. The first-order valence-electron chi connectivity index (χ1n) is 9.83. The fourth-order valence-electron chi connectivity index (χ4n) is 4.35. The zero-order valence-corrected chi connectivity index (χ0v) is 15.7. The molecule has 4 nitrogen and oxygen atoms in total. The van der Waals surface area contributed by atoms with Crippen molar-refractivity contribution in [3.63, 3.8) is 0 Å². The molecular weight excluding hydrogens is 300 g/mol. The first kappa shape index (κ1) is 17.8. The van der Waals surface area contributed by atoms with E-state index in [9.17, 15) is 4.79 Å². The van der Waals surface area contributed by atoms with Gasteiger partial charge < -0.3 is 14.5 Å². The number of hydrogen-bond donors (Lipinski definition) is 0. The van der Waals surface area contributed by atoms with Crippen molar-refractivity contribution in [1.29, 1.82) is 0 Å². The van der Waals surface area contributed by atoms with E-state index in [1.807, 2.05) is 0 Å². The fraction of sp³-hybridized carbons (Fsp3) is 0.850. The number of amides is 1. The van der Waals surface area contributed by atoms with Gasteiger partial charge in [0.25, 0.3) is 0 Å². The number of likely N-dealkylation sites (tertiary alicyclic amines) is 2. The summed E-state index contributed by atoms with van der Waals surface area (Å²) in [6.07, 6.45) is 6.86. The van der Waals surface area contributed by atoms with Crippen molar-refractivity contribution >= 4 is 5.91 Å². The van der Waals surface area contributed by atoms with E-state index in [-0.39, 0.29) is 5.92 Å². The molecule has 0 atom stereocenters. The fourth-order valence-corrected chi connectivity index (χ4v) is 4.35. The van der Waals surface area contributed by atoms with Gasteiger partial charge in [0.1, 0.15) is 0 Å². The molecule has 1 amide bonds. The van der Waals surface area contributed by atoms with E-state index in [4.69, 9.17) is 4.74 Å². The molecule has 0 bridgehead atoms. The molecule has 0 radical (unpaired) electrons. The van der Waals surface area contributed by atoms with Gasteiger partial charge in [0.05, 0.1) is 6.61 Å². The van der Waals surface area contributed by atoms with Crippen molar-refractivity contribution in [1.82, 2.24) is 9.80 Å². The average molecular weight is 335 g/mol. The minimum atomic E-state index is 0.241. The van der Waals surface area contributed by atoms with E-state index < -0.39 is 0 Å². The van der Waals surface area contributed by atoms with E-state index >= 15 is 0 Å². The van der Waals surface area contributed by atoms with E-state index in [0.717, 1.165) is 57.5 Å². The van der Waals surface area contributed by atoms with Gasteiger partial charge >= 0.3 is 0 Å². The zero-order chi connectivity index (χ0) is 17.1. The Labute approximate surface area is 147 Å². The Morgan fingerprint density at radius 2 is 1.62 bits per heavy atom. The van der Waals surface area contributed by atoms with Crippen molar-refractivity contribution in [3.8, 4) is 0 Å². The second kappa shape index (κ2) is 7.90. The molecule has 0 aromatic rings. The van der Waals surface area contributed by atoms with Crippen LogP contribution >= 0.6 is 0 Å². The molecule has 2 heterocycles. The Kier molecular flexibility index (Phi) is 5.85. The highest BCUT2D eigenvalue weighted by Crippen LogP contribution is 2.35. The molecule has 2 saturated heterocycles. The van der Waals surface area contributed by atoms with E-state index in [1.54, 1.807) is 12.7 Å². The maximum atomic E-state index is 12.8. The number of carbonyl (C=O) groups is 1. The number of methoxy groups -OCH3 is 1. The smallest absolute Gasteiger partial charge is 0.225 e. The van der Waals surface area contributed by atoms with Crippen LogP contribution in [-0.4, -0.2) is 55.6 Å². The maximum absolute atomic E-state index is 12.8. The number of ether oxygens (including phenoxy) is 1. The normalized spacial score (nSPS) is 23.1. The van der Waals surface area contributed by atoms with Gasteiger partial charge in [-0.1, -0.05) is 13.8 Å². The lowest BCUT2D eigenvalue weighted by molar-refractivity contribution is -0.138. The molecule has 3 rings (SSSR count). The SMILES string of the molecule is COCC(=C1CC1)N1CCC(C(=O)N2CCC(C(C)C)CC2)CC1. The van der Waals surface area contributed by atoms with Crippen LogP contribution in [0.15, 0.2) is 11.3 Å². The summed E-state index contributed by atoms with van der Waals surface area (Å²) in [5, 5.41) is 0. The molecule has 0 aromatic heterocycles. The Hall–Kier alpha value is -1.03. The third-order valence-electron chi connectivity index (χ3n) is 6.21. The highest BCUT2D eigenvalue weighted by atomic mass is 16.5. The monoisotopic (exact) mass is 334 g/mol. The second-order valence-electron chi connectivity index (χ2n) is 8.15. The third-order valence-corrected chi connectivity index (χ3v) is 6.21. The molecule has 0 N–H and O–H groups in total. The maximum Gasteiger partial charge on any atom is 0.225 e. The molecule has 3 fully saturated rings. The van der Waals surface area contributed by atoms with Gasteiger partial charge in [-0.3, -0.25) is 4.79 Å². The highest BCUT2D eigenvalue weighted by molar-refractivity contribution is 5.79. The molecule has 0 unspecified atom stereocenters. The van der Waals surface area contributed by atoms with Crippen LogP contribution in [0.5, 0.6) is 0 Å². The van der Waals surface area contributed by atoms with Crippen molar-refractivity contribution in [2.75, 3.05) is 39.9 Å². The van der Waals surface area contributed by atoms with Crippen molar-refractivity contribution in [2.24, 2.45) is 17.8 Å². The summed E-state index contributed by atoms with van der Waals surface area (Å²) in [6, 6.07) is 0. The minimum Gasteiger partial charge on any atom is -0.378 e. The number of hydrogen-bond acceptors (Lipinski definition) is 3. The first-order valence-corrected chi connectivity index (χ1v) is 9.83. The Morgan fingerprint density at radius 3 is 2.12 bits per heavy atom. The number of rotatable bonds is 5. The van der Waals surface area contributed by atoms with E-state index in [1.165, 1.54) is 31.4 Å². The van der Waals surface area contributed by atoms with E-state index in [0.29, 0.717) is 5.91 Å². The molecule has 3 aliphatic rings. The molecule has 24 heavy (non-hydrogen) atoms. The quantitative estimate of drug-likeness (QED) is 0.773. The van der Waals surface area contributed by atoms with Gasteiger partial charge in [-0.2, -0.15) is 0 Å². The van der Waals surface area contributed by atoms with Crippen molar-refractivity contribution in [2.45, 2.75) is 52.4 Å². The topological polar surface area (TPSA) is 32.8 Å². The summed E-state index contributed by atoms with van der Waals surface area (Å²) in [6.45, 7) is 9.33. The largest absolute Gasteiger partial charge is 0.378 e. The summed E-state index contributed by atoms with van der Waals surface area (Å²) >= 11 is 0. The highest BCUT2D eigenvalue weighted by Gasteiger charge is 2.33. The predicted molar refractivity (Wildman–Crippen MR) is 96.6 cm³/mol. The molecule has 136 valence electrons. The van der Waals surface area contributed by atoms with Crippen LogP contribution in [0.1, 0.15) is 52.4 Å². The summed E-state index contributed by atoms with van der Waals surface area (Å²) in [5.41, 5.74) is 2.97. The van der Waals surface area contributed by atoms with Gasteiger partial charge in [0.15, 0.2) is 0 Å². The van der Waals surface area contributed by atoms with Crippen LogP contribution in [0.25, 0.3) is 0 Å². The number of carbonyl (C=O) groups excluding carboxylic acids is 1. The van der Waals surface area contributed by atoms with Crippen LogP contribution in [0.3, 0.4) is 0 Å². The van der Waals surface area contributed by atoms with Gasteiger partial charge in [-0.15, -0.1) is 0 Å². The van der Waals surface area contributed by atoms with Gasteiger partial charge in [-0.25, -0.2) is 0 Å². The summed E-state index contributed by atoms with van der Waals surface area (Å²) in [5.74, 6) is 2.21. The summed E-state index contributed by atoms with van der Waals surface area (Å²) < 4.78 is 5.38. The molecule has 0 spiro atoms. The minimum absolute atomic E-state index is 0.241. The van der Waals surface area contributed by atoms with Crippen LogP contribution in [-0.2, 0) is 9.53 Å². The number of piperidine rings is 2. The molecule has 0 aromatic carbocycles. The van der Waals surface area contributed by atoms with Crippen LogP contribution in [0.2, 0.25) is 0 Å². The van der Waals surface area contributed by atoms with Gasteiger partial charge in [0.2, 0.25) is 5.91 Å². The van der Waals surface area contributed by atoms with Crippen LogP contribution in [0, 0.1) is 17.8 Å². The predicted octanol–water partition coefficient (Wildman–Crippen LogP) is 3.29. The Balaban J connectivity index is 1.48. The summed E-state index contributed by atoms with van der Waals surface area (Å²) in [7, 11) is 1.78. The average Bonchev–Trinajstić information content (AvgIpc) is 3.44. The van der Waals surface area contributed by atoms with Crippen LogP contribution < -0.4 is 0 Å². The third kappa shape index (κ3) is 4.14. The number of allylic oxidation sites excluding steroid dienone is 1. The molecule has 1 aliphatic carbocycles. The molecular formula is C20H34N2O2. The van der Waals surface area contributed by atoms with Crippen molar-refractivity contribution in [3.05, 3.63) is 11.3 Å². The lowest BCUT2D eigenvalue weighted by Crippen LogP contribution is -2.46. The summed E-state index contributed by atoms with van der Waals surface area (Å²) in [4.78, 5) is 17.5. The van der Waals surface area contributed by atoms with E-state index in [2.05, 4.69) is 23.6 Å². The van der Waals surface area contributed by atoms with Gasteiger partial charge in [0, 0.05) is 44.9 Å². The number of nitrogens with zero attached hydrogens (tertiary/aromatic N) is 2. The second-order valence-corrected chi connectivity index (χ2v) is 8.15. The standard InChI is InChI=1S/C20H34N2O2/c1-15(2)16-6-12-22(13-7-16)20(23)18-8-10-21(11-9-18)19(14-24-3)17-4-5-17/h15-16,18H,4-14H2,1-3H3. The van der Waals surface area contributed by atoms with Crippen molar-refractivity contribution < 1.29 is 9.53 Å². The lowest BCUT2D eigenvalue weighted by atomic mass is 9.86. The molecule has 1 saturated carbocycles. The Morgan fingerprint density at radius 1 is 1.04 bits per heavy atom. The van der Waals surface area contributed by atoms with Crippen LogP contribution in [0.4, 0.5) is 0 Å². The first-order chi connectivity index (χ1) is 11.6. The molecule has 4 heteroatoms. The van der Waals surface area contributed by atoms with Gasteiger partial charge in [-0.05, 0) is 55.9 Å². The Bertz CT molecular complexity index is 464.